The molecule has 0 atom stereocenters. The van der Waals surface area contributed by atoms with Gasteiger partial charge in [-0.25, -0.2) is 9.98 Å². The van der Waals surface area contributed by atoms with Gasteiger partial charge in [-0.05, 0) is 12.1 Å². The van der Waals surface area contributed by atoms with Gasteiger partial charge in [0.25, 0.3) is 0 Å². The number of carboxylic acid groups (broad SMARTS) is 2. The molecular weight excluding hydrogens is 200 g/mol. The summed E-state index contributed by atoms with van der Waals surface area (Å²) < 4.78 is 0. The summed E-state index contributed by atoms with van der Waals surface area (Å²) in [7, 11) is 0. The molecule has 0 saturated carbocycles. The van der Waals surface area contributed by atoms with E-state index in [0.717, 1.165) is 6.21 Å². The van der Waals surface area contributed by atoms with Crippen molar-refractivity contribution in [2.45, 2.75) is 0 Å². The maximum Gasteiger partial charge on any atom is 0.323 e. The number of aromatic nitrogens is 1. The Bertz CT molecular complexity index is 374. The second kappa shape index (κ2) is 4.85. The Morgan fingerprint density at radius 1 is 1.33 bits per heavy atom. The largest absolute Gasteiger partial charge is 0.480 e. The molecule has 0 aliphatic heterocycles. The first kappa shape index (κ1) is 10.8. The minimum atomic E-state index is -1.65. The Labute approximate surface area is 84.9 Å². The van der Waals surface area contributed by atoms with Crippen LogP contribution in [0.3, 0.4) is 0 Å². The molecule has 1 aromatic heterocycles. The van der Waals surface area contributed by atoms with Gasteiger partial charge in [0, 0.05) is 12.4 Å². The summed E-state index contributed by atoms with van der Waals surface area (Å²) in [6.45, 7) is 0. The van der Waals surface area contributed by atoms with Crippen LogP contribution in [0.25, 0.3) is 0 Å². The van der Waals surface area contributed by atoms with E-state index in [0.29, 0.717) is 0 Å². The number of aliphatic imine (C=N–C) groups is 1. The van der Waals surface area contributed by atoms with Gasteiger partial charge in [-0.3, -0.25) is 9.59 Å². The highest BCUT2D eigenvalue weighted by molar-refractivity contribution is 6.08. The molecule has 0 unspecified atom stereocenters. The molecule has 1 rings (SSSR count). The first-order valence-electron chi connectivity index (χ1n) is 4.02. The monoisotopic (exact) mass is 208 g/mol. The number of aliphatic carboxylic acids is 2. The lowest BCUT2D eigenvalue weighted by atomic mass is 10.2. The van der Waals surface area contributed by atoms with E-state index in [2.05, 4.69) is 9.98 Å². The molecule has 0 bridgehead atoms. The molecule has 0 aliphatic rings. The molecule has 78 valence electrons. The Morgan fingerprint density at radius 2 is 2.00 bits per heavy atom. The molecule has 0 fully saturated rings. The first-order valence-corrected chi connectivity index (χ1v) is 4.02. The minimum absolute atomic E-state index is 0.269. The maximum absolute atomic E-state index is 10.5. The third kappa shape index (κ3) is 3.18. The summed E-state index contributed by atoms with van der Waals surface area (Å²) in [5.41, 5.74) is 0. The number of nitrogens with zero attached hydrogens (tertiary/aromatic N) is 2. The van der Waals surface area contributed by atoms with E-state index >= 15 is 0 Å². The molecule has 2 N–H and O–H groups in total. The van der Waals surface area contributed by atoms with Crippen LogP contribution in [0.4, 0.5) is 5.82 Å². The topological polar surface area (TPSA) is 99.9 Å². The highest BCUT2D eigenvalue weighted by Gasteiger charge is 2.23. The lowest BCUT2D eigenvalue weighted by Crippen LogP contribution is -2.24. The van der Waals surface area contributed by atoms with E-state index in [4.69, 9.17) is 10.2 Å². The van der Waals surface area contributed by atoms with Gasteiger partial charge in [-0.15, -0.1) is 0 Å². The van der Waals surface area contributed by atoms with Gasteiger partial charge in [0.1, 0.15) is 0 Å². The van der Waals surface area contributed by atoms with Gasteiger partial charge in [0.05, 0.1) is 0 Å². The normalized spacial score (nSPS) is 10.7. The van der Waals surface area contributed by atoms with Gasteiger partial charge in [-0.1, -0.05) is 6.07 Å². The smallest absolute Gasteiger partial charge is 0.323 e. The average Bonchev–Trinajstić information content (AvgIpc) is 2.18. The number of pyridine rings is 1. The summed E-state index contributed by atoms with van der Waals surface area (Å²) in [6, 6.07) is 4.87. The van der Waals surface area contributed by atoms with Crippen LogP contribution in [0.2, 0.25) is 0 Å². The molecule has 0 aliphatic carbocycles. The zero-order valence-electron chi connectivity index (χ0n) is 7.57. The maximum atomic E-state index is 10.5. The molecule has 0 amide bonds. The predicted molar refractivity (Wildman–Crippen MR) is 51.2 cm³/mol. The van der Waals surface area contributed by atoms with Crippen molar-refractivity contribution in [2.24, 2.45) is 10.9 Å². The van der Waals surface area contributed by atoms with Crippen molar-refractivity contribution in [1.29, 1.82) is 0 Å². The average molecular weight is 208 g/mol. The summed E-state index contributed by atoms with van der Waals surface area (Å²) >= 11 is 0. The highest BCUT2D eigenvalue weighted by atomic mass is 16.4. The third-order valence-corrected chi connectivity index (χ3v) is 1.54. The van der Waals surface area contributed by atoms with Crippen molar-refractivity contribution < 1.29 is 19.8 Å². The molecule has 6 nitrogen and oxygen atoms in total. The minimum Gasteiger partial charge on any atom is -0.480 e. The summed E-state index contributed by atoms with van der Waals surface area (Å²) in [4.78, 5) is 28.4. The fourth-order valence-corrected chi connectivity index (χ4v) is 0.814. The molecule has 1 aromatic rings. The fraction of sp³-hybridized carbons (Fsp3) is 0.111. The molecule has 1 heterocycles. The number of carbonyl (C=O) groups is 2. The van der Waals surface area contributed by atoms with E-state index in [-0.39, 0.29) is 5.82 Å². The van der Waals surface area contributed by atoms with Crippen molar-refractivity contribution >= 4 is 24.0 Å². The number of hydrogen-bond donors (Lipinski definition) is 2. The summed E-state index contributed by atoms with van der Waals surface area (Å²) in [6.07, 6.45) is 2.32. The molecule has 0 radical (unpaired) electrons. The number of carboxylic acids is 2. The van der Waals surface area contributed by atoms with Crippen LogP contribution >= 0.6 is 0 Å². The van der Waals surface area contributed by atoms with E-state index in [1.165, 1.54) is 12.3 Å². The van der Waals surface area contributed by atoms with E-state index in [1.54, 1.807) is 12.1 Å². The second-order valence-corrected chi connectivity index (χ2v) is 2.62. The molecule has 0 aromatic carbocycles. The summed E-state index contributed by atoms with van der Waals surface area (Å²) in [5.74, 6) is -4.29. The van der Waals surface area contributed by atoms with Gasteiger partial charge in [0.2, 0.25) is 0 Å². The van der Waals surface area contributed by atoms with Crippen molar-refractivity contribution in [3.63, 3.8) is 0 Å². The van der Waals surface area contributed by atoms with Crippen LogP contribution in [0.1, 0.15) is 0 Å². The van der Waals surface area contributed by atoms with Crippen molar-refractivity contribution in [3.8, 4) is 0 Å². The molecule has 6 heteroatoms. The van der Waals surface area contributed by atoms with Gasteiger partial charge in [-0.2, -0.15) is 0 Å². The lowest BCUT2D eigenvalue weighted by Gasteiger charge is -1.98. The van der Waals surface area contributed by atoms with Gasteiger partial charge >= 0.3 is 11.9 Å². The Balaban J connectivity index is 2.79. The van der Waals surface area contributed by atoms with Crippen LogP contribution < -0.4 is 0 Å². The van der Waals surface area contributed by atoms with E-state index < -0.39 is 17.9 Å². The highest BCUT2D eigenvalue weighted by Crippen LogP contribution is 2.05. The molecular formula is C9H8N2O4. The Hall–Kier alpha value is -2.24. The van der Waals surface area contributed by atoms with E-state index in [9.17, 15) is 9.59 Å². The zero-order chi connectivity index (χ0) is 11.3. The summed E-state index contributed by atoms with van der Waals surface area (Å²) in [5, 5.41) is 17.1. The Kier molecular flexibility index (Phi) is 3.50. The second-order valence-electron chi connectivity index (χ2n) is 2.62. The first-order chi connectivity index (χ1) is 7.11. The lowest BCUT2D eigenvalue weighted by molar-refractivity contribution is -0.150. The van der Waals surface area contributed by atoms with Crippen LogP contribution in [-0.4, -0.2) is 33.4 Å². The van der Waals surface area contributed by atoms with Gasteiger partial charge in [0.15, 0.2) is 11.7 Å². The van der Waals surface area contributed by atoms with Crippen molar-refractivity contribution in [1.82, 2.24) is 4.98 Å². The van der Waals surface area contributed by atoms with Crippen LogP contribution in [-0.2, 0) is 9.59 Å². The van der Waals surface area contributed by atoms with Crippen LogP contribution in [0.15, 0.2) is 29.4 Å². The van der Waals surface area contributed by atoms with Gasteiger partial charge < -0.3 is 10.2 Å². The van der Waals surface area contributed by atoms with E-state index in [1.807, 2.05) is 0 Å². The SMILES string of the molecule is O=C(O)C(C=Nc1ccccn1)C(=O)O. The molecule has 15 heavy (non-hydrogen) atoms. The number of hydrogen-bond acceptors (Lipinski definition) is 4. The van der Waals surface area contributed by atoms with Crippen molar-refractivity contribution in [2.75, 3.05) is 0 Å². The van der Waals surface area contributed by atoms with Crippen LogP contribution in [0.5, 0.6) is 0 Å². The zero-order valence-corrected chi connectivity index (χ0v) is 7.57. The Morgan fingerprint density at radius 3 is 2.47 bits per heavy atom. The third-order valence-electron chi connectivity index (χ3n) is 1.54. The van der Waals surface area contributed by atoms with Crippen LogP contribution in [0, 0.1) is 5.92 Å². The van der Waals surface area contributed by atoms with Crippen molar-refractivity contribution in [3.05, 3.63) is 24.4 Å². The predicted octanol–water partition coefficient (Wildman–Crippen LogP) is 0.569. The fourth-order valence-electron chi connectivity index (χ4n) is 0.814. The standard InChI is InChI=1S/C9H8N2O4/c12-8(13)6(9(14)15)5-11-7-3-1-2-4-10-7/h1-6H,(H,12,13)(H,14,15). The molecule has 0 saturated heterocycles. The molecule has 0 spiro atoms. The quantitative estimate of drug-likeness (QED) is 0.556. The number of rotatable bonds is 4.